The number of aliphatic carboxylic acids is 1. The molecule has 0 aliphatic rings. The van der Waals surface area contributed by atoms with E-state index in [-0.39, 0.29) is 45.1 Å². The van der Waals surface area contributed by atoms with Crippen molar-refractivity contribution in [3.8, 4) is 0 Å². The molecule has 306 valence electrons. The highest BCUT2D eigenvalue weighted by atomic mass is 16.6. The summed E-state index contributed by atoms with van der Waals surface area (Å²) in [6, 6.07) is 3.28. The van der Waals surface area contributed by atoms with Gasteiger partial charge in [0.15, 0.2) is 0 Å². The lowest BCUT2D eigenvalue weighted by molar-refractivity contribution is -0.159. The number of benzene rings is 1. The SMILES string of the molecule is CC(C)(C)OC(=O)CC[C@H](NC(=O)N[C@@H](CCCCNC(=O)[C@H](Cc1c[nH]c2ccccc12)NC(=O)CCC(=O)O)C(=O)OC(C)(C)C)C(=O)OC(C)(C)C. The maximum absolute atomic E-state index is 13.3. The van der Waals surface area contributed by atoms with Crippen LogP contribution in [0.25, 0.3) is 10.9 Å². The van der Waals surface area contributed by atoms with E-state index in [9.17, 15) is 33.6 Å². The zero-order chi connectivity index (χ0) is 41.6. The first-order valence-corrected chi connectivity index (χ1v) is 18.5. The highest BCUT2D eigenvalue weighted by Gasteiger charge is 2.31. The number of amides is 4. The van der Waals surface area contributed by atoms with Crippen LogP contribution in [0, 0.1) is 0 Å². The molecule has 2 aromatic rings. The van der Waals surface area contributed by atoms with Crippen molar-refractivity contribution in [3.05, 3.63) is 36.0 Å². The van der Waals surface area contributed by atoms with Gasteiger partial charge in [-0.2, -0.15) is 0 Å². The second-order valence-electron chi connectivity index (χ2n) is 16.3. The standard InChI is InChI=1S/C39H59N5O11/c1-37(2,3)53-32(48)20-17-28(35(51)55-39(7,8)9)44-36(52)43-27(34(50)54-38(4,5)6)16-12-13-21-40-33(49)29(42-30(45)18-19-31(46)47)22-24-23-41-26-15-11-10-14-25(24)26/h10-11,14-15,23,27-29,41H,12-13,16-22H2,1-9H3,(H,40,49)(H,42,45)(H,46,47)(H2,43,44,52)/t27-,28-,29-/m0/s1. The largest absolute Gasteiger partial charge is 0.481 e. The van der Waals surface area contributed by atoms with Crippen molar-refractivity contribution in [1.29, 1.82) is 0 Å². The van der Waals surface area contributed by atoms with Gasteiger partial charge in [0.25, 0.3) is 0 Å². The molecule has 3 atom stereocenters. The monoisotopic (exact) mass is 773 g/mol. The molecular weight excluding hydrogens is 714 g/mol. The molecule has 1 aromatic carbocycles. The minimum atomic E-state index is -1.23. The van der Waals surface area contributed by atoms with Gasteiger partial charge in [0.2, 0.25) is 11.8 Å². The van der Waals surface area contributed by atoms with Crippen LogP contribution in [0.15, 0.2) is 30.5 Å². The van der Waals surface area contributed by atoms with Gasteiger partial charge in [0, 0.05) is 42.9 Å². The van der Waals surface area contributed by atoms with E-state index in [4.69, 9.17) is 19.3 Å². The third-order valence-corrected chi connectivity index (χ3v) is 7.59. The number of nitrogens with one attached hydrogen (secondary N) is 5. The number of aromatic amines is 1. The minimum absolute atomic E-state index is 0.109. The summed E-state index contributed by atoms with van der Waals surface area (Å²) in [4.78, 5) is 91.9. The molecule has 0 saturated carbocycles. The number of urea groups is 1. The quantitative estimate of drug-likeness (QED) is 0.0673. The van der Waals surface area contributed by atoms with Crippen LogP contribution in [-0.4, -0.2) is 93.3 Å². The summed E-state index contributed by atoms with van der Waals surface area (Å²) in [7, 11) is 0. The summed E-state index contributed by atoms with van der Waals surface area (Å²) < 4.78 is 16.3. The van der Waals surface area contributed by atoms with Crippen LogP contribution in [-0.2, 0) is 49.4 Å². The molecule has 55 heavy (non-hydrogen) atoms. The van der Waals surface area contributed by atoms with Crippen molar-refractivity contribution in [2.24, 2.45) is 0 Å². The third kappa shape index (κ3) is 18.6. The van der Waals surface area contributed by atoms with E-state index in [1.807, 2.05) is 24.3 Å². The lowest BCUT2D eigenvalue weighted by Crippen LogP contribution is -2.53. The topological polar surface area (TPSA) is 231 Å². The van der Waals surface area contributed by atoms with Crippen molar-refractivity contribution < 1.29 is 52.9 Å². The highest BCUT2D eigenvalue weighted by Crippen LogP contribution is 2.20. The van der Waals surface area contributed by atoms with Gasteiger partial charge in [-0.3, -0.25) is 19.2 Å². The number of ether oxygens (including phenoxy) is 3. The normalized spacial score (nSPS) is 13.5. The zero-order valence-electron chi connectivity index (χ0n) is 33.5. The fourth-order valence-electron chi connectivity index (χ4n) is 5.28. The summed E-state index contributed by atoms with van der Waals surface area (Å²) in [6.07, 6.45) is 1.76. The number of hydrogen-bond donors (Lipinski definition) is 6. The van der Waals surface area contributed by atoms with Crippen molar-refractivity contribution in [1.82, 2.24) is 26.3 Å². The van der Waals surface area contributed by atoms with Crippen molar-refractivity contribution >= 4 is 52.6 Å². The average Bonchev–Trinajstić information content (AvgIpc) is 3.44. The molecule has 16 heteroatoms. The summed E-state index contributed by atoms with van der Waals surface area (Å²) in [5.41, 5.74) is -0.848. The Kier molecular flexibility index (Phi) is 17.2. The molecule has 0 saturated heterocycles. The number of carbonyl (C=O) groups is 7. The molecule has 0 bridgehead atoms. The number of H-pyrrole nitrogens is 1. The third-order valence-electron chi connectivity index (χ3n) is 7.59. The fourth-order valence-corrected chi connectivity index (χ4v) is 5.28. The summed E-state index contributed by atoms with van der Waals surface area (Å²) in [5.74, 6) is -4.23. The van der Waals surface area contributed by atoms with Crippen molar-refractivity contribution in [2.45, 2.75) is 149 Å². The number of unbranched alkanes of at least 4 members (excludes halogenated alkanes) is 1. The predicted octanol–water partition coefficient (Wildman–Crippen LogP) is 4.19. The molecule has 0 radical (unpaired) electrons. The van der Waals surface area contributed by atoms with Gasteiger partial charge in [-0.25, -0.2) is 14.4 Å². The summed E-state index contributed by atoms with van der Waals surface area (Å²) in [5, 5.41) is 20.4. The van der Waals surface area contributed by atoms with Crippen LogP contribution in [0.1, 0.15) is 113 Å². The first-order chi connectivity index (χ1) is 25.4. The minimum Gasteiger partial charge on any atom is -0.481 e. The van der Waals surface area contributed by atoms with Crippen LogP contribution in [0.5, 0.6) is 0 Å². The Bertz CT molecular complexity index is 1650. The Hall–Kier alpha value is -5.15. The van der Waals surface area contributed by atoms with E-state index in [0.29, 0.717) is 12.8 Å². The van der Waals surface area contributed by atoms with Crippen LogP contribution >= 0.6 is 0 Å². The molecule has 1 aromatic heterocycles. The van der Waals surface area contributed by atoms with Crippen LogP contribution in [0.2, 0.25) is 0 Å². The average molecular weight is 774 g/mol. The Balaban J connectivity index is 2.09. The van der Waals surface area contributed by atoms with E-state index < -0.39 is 76.7 Å². The molecule has 4 amide bonds. The van der Waals surface area contributed by atoms with E-state index >= 15 is 0 Å². The maximum atomic E-state index is 13.3. The van der Waals surface area contributed by atoms with Crippen molar-refractivity contribution in [2.75, 3.05) is 6.54 Å². The van der Waals surface area contributed by atoms with Crippen LogP contribution in [0.4, 0.5) is 4.79 Å². The first kappa shape index (κ1) is 46.0. The van der Waals surface area contributed by atoms with Crippen LogP contribution < -0.4 is 21.3 Å². The second kappa shape index (κ2) is 20.5. The highest BCUT2D eigenvalue weighted by molar-refractivity contribution is 5.90. The number of carboxylic acids is 1. The Labute approximate surface area is 322 Å². The number of aromatic nitrogens is 1. The van der Waals surface area contributed by atoms with E-state index in [0.717, 1.165) is 16.5 Å². The van der Waals surface area contributed by atoms with Crippen molar-refractivity contribution in [3.63, 3.8) is 0 Å². The molecule has 0 aliphatic heterocycles. The van der Waals surface area contributed by atoms with Gasteiger partial charge >= 0.3 is 29.9 Å². The molecular formula is C39H59N5O11. The molecule has 2 rings (SSSR count). The number of para-hydroxylation sites is 1. The Morgan fingerprint density at radius 2 is 1.25 bits per heavy atom. The van der Waals surface area contributed by atoms with Gasteiger partial charge in [0.1, 0.15) is 34.9 Å². The number of fused-ring (bicyclic) bond motifs is 1. The number of hydrogen-bond acceptors (Lipinski definition) is 10. The lowest BCUT2D eigenvalue weighted by atomic mass is 10.0. The van der Waals surface area contributed by atoms with Gasteiger partial charge in [-0.05, 0) is 99.6 Å². The maximum Gasteiger partial charge on any atom is 0.329 e. The first-order valence-electron chi connectivity index (χ1n) is 18.5. The molecule has 0 aliphatic carbocycles. The molecule has 16 nitrogen and oxygen atoms in total. The van der Waals surface area contributed by atoms with Gasteiger partial charge in [-0.15, -0.1) is 0 Å². The Morgan fingerprint density at radius 1 is 0.691 bits per heavy atom. The number of esters is 3. The summed E-state index contributed by atoms with van der Waals surface area (Å²) in [6.45, 7) is 15.3. The van der Waals surface area contributed by atoms with Gasteiger partial charge < -0.3 is 45.6 Å². The van der Waals surface area contributed by atoms with Gasteiger partial charge in [0.05, 0.1) is 6.42 Å². The van der Waals surface area contributed by atoms with E-state index in [2.05, 4.69) is 26.3 Å². The fraction of sp³-hybridized carbons (Fsp3) is 0.615. The van der Waals surface area contributed by atoms with E-state index in [1.54, 1.807) is 68.5 Å². The molecule has 0 spiro atoms. The Morgan fingerprint density at radius 3 is 1.82 bits per heavy atom. The van der Waals surface area contributed by atoms with E-state index in [1.165, 1.54) is 0 Å². The van der Waals surface area contributed by atoms with Gasteiger partial charge in [-0.1, -0.05) is 18.2 Å². The smallest absolute Gasteiger partial charge is 0.329 e. The zero-order valence-corrected chi connectivity index (χ0v) is 33.5. The molecule has 0 fully saturated rings. The lowest BCUT2D eigenvalue weighted by Gasteiger charge is -2.27. The second-order valence-corrected chi connectivity index (χ2v) is 16.3. The molecule has 1 heterocycles. The molecule has 6 N–H and O–H groups in total. The van der Waals surface area contributed by atoms with Crippen LogP contribution in [0.3, 0.4) is 0 Å². The summed E-state index contributed by atoms with van der Waals surface area (Å²) >= 11 is 0. The number of carbonyl (C=O) groups excluding carboxylic acids is 6. The predicted molar refractivity (Wildman–Crippen MR) is 204 cm³/mol. The number of rotatable bonds is 19. The molecule has 0 unspecified atom stereocenters. The number of carboxylic acid groups (broad SMARTS) is 1.